The minimum absolute atomic E-state index is 0.917. The molecule has 15 heavy (non-hydrogen) atoms. The van der Waals surface area contributed by atoms with Crippen LogP contribution >= 0.6 is 15.9 Å². The Morgan fingerprint density at radius 2 is 2.27 bits per heavy atom. The number of imidazole rings is 1. The molecule has 1 N–H and O–H groups in total. The highest BCUT2D eigenvalue weighted by Crippen LogP contribution is 2.19. The summed E-state index contributed by atoms with van der Waals surface area (Å²) in [6, 6.07) is 4.26. The summed E-state index contributed by atoms with van der Waals surface area (Å²) < 4.78 is 3.04. The van der Waals surface area contributed by atoms with Crippen LogP contribution in [0.15, 0.2) is 22.9 Å². The van der Waals surface area contributed by atoms with Gasteiger partial charge in [-0.15, -0.1) is 0 Å². The van der Waals surface area contributed by atoms with Gasteiger partial charge in [-0.25, -0.2) is 4.98 Å². The minimum atomic E-state index is 0.917. The van der Waals surface area contributed by atoms with Crippen LogP contribution in [0.25, 0.3) is 5.52 Å². The van der Waals surface area contributed by atoms with Crippen molar-refractivity contribution in [1.29, 1.82) is 0 Å². The Labute approximate surface area is 97.6 Å². The second kappa shape index (κ2) is 4.33. The van der Waals surface area contributed by atoms with Crippen molar-refractivity contribution in [3.8, 4) is 0 Å². The van der Waals surface area contributed by atoms with E-state index in [1.165, 1.54) is 5.56 Å². The van der Waals surface area contributed by atoms with Crippen LogP contribution in [0.1, 0.15) is 11.4 Å². The number of hydrogen-bond donors (Lipinski definition) is 1. The van der Waals surface area contributed by atoms with E-state index in [2.05, 4.69) is 49.0 Å². The first-order valence-corrected chi connectivity index (χ1v) is 5.79. The zero-order valence-electron chi connectivity index (χ0n) is 8.92. The molecule has 0 saturated heterocycles. The third-order valence-electron chi connectivity index (χ3n) is 2.49. The second-order valence-corrected chi connectivity index (χ2v) is 4.35. The van der Waals surface area contributed by atoms with Crippen molar-refractivity contribution in [1.82, 2.24) is 14.7 Å². The van der Waals surface area contributed by atoms with Gasteiger partial charge in [0.2, 0.25) is 0 Å². The van der Waals surface area contributed by atoms with E-state index in [0.717, 1.165) is 28.9 Å². The molecule has 0 amide bonds. The fraction of sp³-hybridized carbons (Fsp3) is 0.364. The van der Waals surface area contributed by atoms with Crippen LogP contribution in [-0.2, 0) is 6.42 Å². The fourth-order valence-electron chi connectivity index (χ4n) is 1.65. The van der Waals surface area contributed by atoms with Gasteiger partial charge in [-0.2, -0.15) is 0 Å². The SMILES string of the molecule is CNCCc1ccc2c(Br)nc(C)n2c1. The van der Waals surface area contributed by atoms with E-state index in [1.807, 2.05) is 14.0 Å². The molecule has 0 saturated carbocycles. The van der Waals surface area contributed by atoms with Gasteiger partial charge in [0.15, 0.2) is 0 Å². The highest BCUT2D eigenvalue weighted by atomic mass is 79.9. The number of likely N-dealkylation sites (N-methyl/N-ethyl adjacent to an activating group) is 1. The third-order valence-corrected chi connectivity index (χ3v) is 3.08. The van der Waals surface area contributed by atoms with E-state index in [-0.39, 0.29) is 0 Å². The quantitative estimate of drug-likeness (QED) is 0.924. The molecule has 0 aliphatic heterocycles. The Morgan fingerprint density at radius 1 is 1.47 bits per heavy atom. The first kappa shape index (κ1) is 10.6. The molecule has 0 atom stereocenters. The monoisotopic (exact) mass is 267 g/mol. The van der Waals surface area contributed by atoms with E-state index >= 15 is 0 Å². The summed E-state index contributed by atoms with van der Waals surface area (Å²) in [5.41, 5.74) is 2.45. The minimum Gasteiger partial charge on any atom is -0.319 e. The van der Waals surface area contributed by atoms with E-state index in [9.17, 15) is 0 Å². The van der Waals surface area contributed by atoms with E-state index < -0.39 is 0 Å². The second-order valence-electron chi connectivity index (χ2n) is 3.60. The number of pyridine rings is 1. The average Bonchev–Trinajstić information content (AvgIpc) is 2.52. The summed E-state index contributed by atoms with van der Waals surface area (Å²) in [5, 5.41) is 3.15. The summed E-state index contributed by atoms with van der Waals surface area (Å²) in [6.45, 7) is 3.01. The van der Waals surface area contributed by atoms with Gasteiger partial charge >= 0.3 is 0 Å². The molecule has 0 spiro atoms. The van der Waals surface area contributed by atoms with Gasteiger partial charge in [0.1, 0.15) is 10.4 Å². The predicted octanol–water partition coefficient (Wildman–Crippen LogP) is 2.17. The lowest BCUT2D eigenvalue weighted by atomic mass is 10.2. The van der Waals surface area contributed by atoms with Crippen molar-refractivity contribution in [2.75, 3.05) is 13.6 Å². The van der Waals surface area contributed by atoms with Crippen LogP contribution in [0.2, 0.25) is 0 Å². The molecule has 0 fully saturated rings. The lowest BCUT2D eigenvalue weighted by molar-refractivity contribution is 0.787. The number of rotatable bonds is 3. The molecule has 0 unspecified atom stereocenters. The summed E-state index contributed by atoms with van der Waals surface area (Å²) in [4.78, 5) is 4.38. The maximum Gasteiger partial charge on any atom is 0.132 e. The number of halogens is 1. The van der Waals surface area contributed by atoms with Gasteiger partial charge in [-0.1, -0.05) is 6.07 Å². The van der Waals surface area contributed by atoms with Crippen molar-refractivity contribution in [2.24, 2.45) is 0 Å². The predicted molar refractivity (Wildman–Crippen MR) is 65.3 cm³/mol. The normalized spacial score (nSPS) is 11.1. The van der Waals surface area contributed by atoms with Crippen LogP contribution in [0, 0.1) is 6.92 Å². The number of nitrogens with one attached hydrogen (secondary N) is 1. The molecule has 80 valence electrons. The van der Waals surface area contributed by atoms with Crippen LogP contribution in [-0.4, -0.2) is 23.0 Å². The zero-order valence-corrected chi connectivity index (χ0v) is 10.5. The van der Waals surface area contributed by atoms with Crippen molar-refractivity contribution >= 4 is 21.4 Å². The molecular formula is C11H14BrN3. The van der Waals surface area contributed by atoms with Crippen LogP contribution in [0.5, 0.6) is 0 Å². The molecule has 0 bridgehead atoms. The largest absolute Gasteiger partial charge is 0.319 e. The Hall–Kier alpha value is -0.870. The Morgan fingerprint density at radius 3 is 3.00 bits per heavy atom. The smallest absolute Gasteiger partial charge is 0.132 e. The van der Waals surface area contributed by atoms with Gasteiger partial charge in [0.05, 0.1) is 5.52 Å². The number of nitrogens with zero attached hydrogens (tertiary/aromatic N) is 2. The van der Waals surface area contributed by atoms with E-state index in [0.29, 0.717) is 0 Å². The Kier molecular flexibility index (Phi) is 3.07. The van der Waals surface area contributed by atoms with Gasteiger partial charge in [0, 0.05) is 6.20 Å². The Balaban J connectivity index is 2.41. The molecule has 0 aromatic carbocycles. The molecule has 2 aromatic heterocycles. The number of aromatic nitrogens is 2. The maximum atomic E-state index is 4.38. The van der Waals surface area contributed by atoms with Crippen molar-refractivity contribution in [3.05, 3.63) is 34.3 Å². The molecule has 0 aliphatic carbocycles. The van der Waals surface area contributed by atoms with Crippen molar-refractivity contribution in [2.45, 2.75) is 13.3 Å². The highest BCUT2D eigenvalue weighted by Gasteiger charge is 2.05. The first-order chi connectivity index (χ1) is 7.22. The van der Waals surface area contributed by atoms with E-state index in [4.69, 9.17) is 0 Å². The van der Waals surface area contributed by atoms with Crippen LogP contribution < -0.4 is 5.32 Å². The van der Waals surface area contributed by atoms with Gasteiger partial charge in [-0.05, 0) is 54.5 Å². The lowest BCUT2D eigenvalue weighted by Crippen LogP contribution is -2.10. The first-order valence-electron chi connectivity index (χ1n) is 5.00. The lowest BCUT2D eigenvalue weighted by Gasteiger charge is -2.03. The zero-order chi connectivity index (χ0) is 10.8. The van der Waals surface area contributed by atoms with Crippen molar-refractivity contribution in [3.63, 3.8) is 0 Å². The summed E-state index contributed by atoms with van der Waals surface area (Å²) in [6.07, 6.45) is 3.20. The van der Waals surface area contributed by atoms with Crippen LogP contribution in [0.4, 0.5) is 0 Å². The standard InChI is InChI=1S/C11H14BrN3/c1-8-14-11(12)10-4-3-9(5-6-13-2)7-15(8)10/h3-4,7,13H,5-6H2,1-2H3. The molecule has 2 aromatic rings. The van der Waals surface area contributed by atoms with Crippen LogP contribution in [0.3, 0.4) is 0 Å². The molecule has 2 heterocycles. The topological polar surface area (TPSA) is 29.3 Å². The molecule has 3 nitrogen and oxygen atoms in total. The molecule has 2 rings (SSSR count). The van der Waals surface area contributed by atoms with E-state index in [1.54, 1.807) is 0 Å². The summed E-state index contributed by atoms with van der Waals surface area (Å²) >= 11 is 3.45. The fourth-order valence-corrected chi connectivity index (χ4v) is 2.23. The molecule has 0 aliphatic rings. The van der Waals surface area contributed by atoms with Gasteiger partial charge in [-0.3, -0.25) is 0 Å². The van der Waals surface area contributed by atoms with Gasteiger partial charge < -0.3 is 9.72 Å². The summed E-state index contributed by atoms with van der Waals surface area (Å²) in [7, 11) is 1.97. The third kappa shape index (κ3) is 2.06. The average molecular weight is 268 g/mol. The molecule has 4 heteroatoms. The number of fused-ring (bicyclic) bond motifs is 1. The van der Waals surface area contributed by atoms with Gasteiger partial charge in [0.25, 0.3) is 0 Å². The van der Waals surface area contributed by atoms with Crippen molar-refractivity contribution < 1.29 is 0 Å². The maximum absolute atomic E-state index is 4.38. The summed E-state index contributed by atoms with van der Waals surface area (Å²) in [5.74, 6) is 1.02. The highest BCUT2D eigenvalue weighted by molar-refractivity contribution is 9.10. The number of hydrogen-bond acceptors (Lipinski definition) is 2. The Bertz CT molecular complexity index is 476. The molecule has 0 radical (unpaired) electrons. The number of aryl methyl sites for hydroxylation is 1. The molecular weight excluding hydrogens is 254 g/mol.